The van der Waals surface area contributed by atoms with Crippen molar-refractivity contribution in [3.63, 3.8) is 0 Å². The van der Waals surface area contributed by atoms with Crippen LogP contribution < -0.4 is 5.32 Å². The van der Waals surface area contributed by atoms with Crippen molar-refractivity contribution in [2.45, 2.75) is 13.8 Å². The van der Waals surface area contributed by atoms with Crippen molar-refractivity contribution in [3.8, 4) is 0 Å². The second kappa shape index (κ2) is 8.37. The van der Waals surface area contributed by atoms with E-state index in [2.05, 4.69) is 5.32 Å². The third-order valence-electron chi connectivity index (χ3n) is 2.76. The fraction of sp³-hybridized carbons (Fsp3) is 0.467. The fourth-order valence-electron chi connectivity index (χ4n) is 1.72. The summed E-state index contributed by atoms with van der Waals surface area (Å²) < 4.78 is 0. The van der Waals surface area contributed by atoms with Crippen molar-refractivity contribution in [1.29, 1.82) is 0 Å². The van der Waals surface area contributed by atoms with Crippen molar-refractivity contribution >= 4 is 34.9 Å². The van der Waals surface area contributed by atoms with Crippen LogP contribution in [0.3, 0.4) is 0 Å². The third kappa shape index (κ3) is 6.46. The van der Waals surface area contributed by atoms with Gasteiger partial charge in [0.05, 0.1) is 18.1 Å². The Labute approximate surface area is 135 Å². The summed E-state index contributed by atoms with van der Waals surface area (Å²) in [5.41, 5.74) is 0.374. The molecule has 0 bridgehead atoms. The van der Waals surface area contributed by atoms with Crippen molar-refractivity contribution in [2.24, 2.45) is 5.92 Å². The maximum absolute atomic E-state index is 12.2. The molecule has 0 radical (unpaired) electrons. The molecule has 0 aliphatic carbocycles. The van der Waals surface area contributed by atoms with Gasteiger partial charge in [0.2, 0.25) is 5.91 Å². The van der Waals surface area contributed by atoms with Crippen molar-refractivity contribution in [1.82, 2.24) is 10.2 Å². The first-order valence-corrected chi connectivity index (χ1v) is 7.48. The molecule has 116 valence electrons. The van der Waals surface area contributed by atoms with Crippen molar-refractivity contribution in [3.05, 3.63) is 33.8 Å². The summed E-state index contributed by atoms with van der Waals surface area (Å²) in [6.45, 7) is 4.94. The number of nitrogens with zero attached hydrogens (tertiary/aromatic N) is 1. The van der Waals surface area contributed by atoms with Crippen LogP contribution in [-0.4, -0.2) is 43.3 Å². The zero-order chi connectivity index (χ0) is 16.0. The third-order valence-corrected chi connectivity index (χ3v) is 3.33. The van der Waals surface area contributed by atoms with Crippen LogP contribution in [0.5, 0.6) is 0 Å². The van der Waals surface area contributed by atoms with Gasteiger partial charge in [0.15, 0.2) is 5.78 Å². The zero-order valence-corrected chi connectivity index (χ0v) is 14.0. The van der Waals surface area contributed by atoms with E-state index in [1.54, 1.807) is 30.1 Å². The van der Waals surface area contributed by atoms with E-state index in [0.717, 1.165) is 0 Å². The summed E-state index contributed by atoms with van der Waals surface area (Å²) in [6.07, 6.45) is 0. The minimum atomic E-state index is -0.165. The number of ketones is 1. The highest BCUT2D eigenvalue weighted by Gasteiger charge is 2.15. The Kier molecular flexibility index (Phi) is 7.15. The highest BCUT2D eigenvalue weighted by atomic mass is 35.5. The molecule has 1 aromatic rings. The molecule has 4 nitrogen and oxygen atoms in total. The summed E-state index contributed by atoms with van der Waals surface area (Å²) >= 11 is 11.9. The highest BCUT2D eigenvalue weighted by molar-refractivity contribution is 6.36. The molecule has 0 aromatic heterocycles. The fourth-order valence-corrected chi connectivity index (χ4v) is 2.11. The van der Waals surface area contributed by atoms with Crippen LogP contribution in [-0.2, 0) is 4.79 Å². The Bertz CT molecular complexity index is 518. The van der Waals surface area contributed by atoms with Gasteiger partial charge in [0, 0.05) is 17.1 Å². The second-order valence-electron chi connectivity index (χ2n) is 5.42. The molecule has 1 N–H and O–H groups in total. The molecule has 1 rings (SSSR count). The quantitative estimate of drug-likeness (QED) is 0.782. The van der Waals surface area contributed by atoms with Gasteiger partial charge in [-0.2, -0.15) is 0 Å². The Morgan fingerprint density at radius 3 is 2.52 bits per heavy atom. The molecule has 0 saturated carbocycles. The average molecular weight is 331 g/mol. The van der Waals surface area contributed by atoms with Crippen LogP contribution in [0.2, 0.25) is 10.0 Å². The molecular weight excluding hydrogens is 311 g/mol. The van der Waals surface area contributed by atoms with Crippen molar-refractivity contribution in [2.75, 3.05) is 26.7 Å². The SMILES string of the molecule is CC(C)CNC(=O)CN(C)CC(=O)c1cc(Cl)ccc1Cl. The van der Waals surface area contributed by atoms with E-state index >= 15 is 0 Å². The topological polar surface area (TPSA) is 49.4 Å². The van der Waals surface area contributed by atoms with E-state index in [1.165, 1.54) is 0 Å². The molecule has 0 aliphatic heterocycles. The molecule has 1 amide bonds. The van der Waals surface area contributed by atoms with Gasteiger partial charge in [-0.3, -0.25) is 14.5 Å². The molecule has 6 heteroatoms. The number of amides is 1. The number of rotatable bonds is 7. The van der Waals surface area contributed by atoms with E-state index in [9.17, 15) is 9.59 Å². The number of Topliss-reactive ketones (excluding diaryl/α,β-unsaturated/α-hetero) is 1. The van der Waals surface area contributed by atoms with Gasteiger partial charge < -0.3 is 5.32 Å². The predicted molar refractivity (Wildman–Crippen MR) is 86.1 cm³/mol. The molecule has 0 atom stereocenters. The van der Waals surface area contributed by atoms with Gasteiger partial charge in [-0.25, -0.2) is 0 Å². The molecule has 0 fully saturated rings. The molecule has 0 spiro atoms. The molecular formula is C15H20Cl2N2O2. The van der Waals surface area contributed by atoms with Gasteiger partial charge >= 0.3 is 0 Å². The highest BCUT2D eigenvalue weighted by Crippen LogP contribution is 2.21. The lowest BCUT2D eigenvalue weighted by Gasteiger charge is -2.16. The Morgan fingerprint density at radius 2 is 1.90 bits per heavy atom. The average Bonchev–Trinajstić information content (AvgIpc) is 2.38. The summed E-state index contributed by atoms with van der Waals surface area (Å²) in [7, 11) is 1.71. The first-order chi connectivity index (χ1) is 9.79. The number of nitrogens with one attached hydrogen (secondary N) is 1. The van der Waals surface area contributed by atoms with Crippen LogP contribution in [0.4, 0.5) is 0 Å². The lowest BCUT2D eigenvalue weighted by Crippen LogP contribution is -2.38. The lowest BCUT2D eigenvalue weighted by molar-refractivity contribution is -0.121. The lowest BCUT2D eigenvalue weighted by atomic mass is 10.1. The summed E-state index contributed by atoms with van der Waals surface area (Å²) in [6, 6.07) is 4.76. The number of halogens is 2. The largest absolute Gasteiger partial charge is 0.355 e. The van der Waals surface area contributed by atoms with E-state index < -0.39 is 0 Å². The molecule has 0 saturated heterocycles. The Morgan fingerprint density at radius 1 is 1.24 bits per heavy atom. The van der Waals surface area contributed by atoms with E-state index in [4.69, 9.17) is 23.2 Å². The maximum atomic E-state index is 12.2. The second-order valence-corrected chi connectivity index (χ2v) is 6.26. The van der Waals surface area contributed by atoms with Gasteiger partial charge in [-0.15, -0.1) is 0 Å². The van der Waals surface area contributed by atoms with Crippen LogP contribution in [0, 0.1) is 5.92 Å². The Balaban J connectivity index is 2.54. The van der Waals surface area contributed by atoms with E-state index in [0.29, 0.717) is 28.1 Å². The normalized spacial score (nSPS) is 11.0. The molecule has 0 unspecified atom stereocenters. The number of carbonyl (C=O) groups is 2. The van der Waals surface area contributed by atoms with Gasteiger partial charge in [-0.1, -0.05) is 37.0 Å². The molecule has 0 heterocycles. The molecule has 0 aliphatic rings. The minimum absolute atomic E-state index is 0.101. The maximum Gasteiger partial charge on any atom is 0.234 e. The minimum Gasteiger partial charge on any atom is -0.355 e. The number of carbonyl (C=O) groups excluding carboxylic acids is 2. The van der Waals surface area contributed by atoms with Gasteiger partial charge in [0.1, 0.15) is 0 Å². The van der Waals surface area contributed by atoms with Gasteiger partial charge in [0.25, 0.3) is 0 Å². The van der Waals surface area contributed by atoms with Gasteiger partial charge in [-0.05, 0) is 31.2 Å². The smallest absolute Gasteiger partial charge is 0.234 e. The monoisotopic (exact) mass is 330 g/mol. The first-order valence-electron chi connectivity index (χ1n) is 6.73. The zero-order valence-electron chi connectivity index (χ0n) is 12.5. The number of hydrogen-bond donors (Lipinski definition) is 1. The first kappa shape index (κ1) is 18.0. The molecule has 1 aromatic carbocycles. The van der Waals surface area contributed by atoms with E-state index in [1.807, 2.05) is 13.8 Å². The molecule has 21 heavy (non-hydrogen) atoms. The van der Waals surface area contributed by atoms with Crippen molar-refractivity contribution < 1.29 is 9.59 Å². The van der Waals surface area contributed by atoms with Crippen LogP contribution in [0.25, 0.3) is 0 Å². The summed E-state index contributed by atoms with van der Waals surface area (Å²) in [5.74, 6) is 0.129. The number of likely N-dealkylation sites (N-methyl/N-ethyl adjacent to an activating group) is 1. The summed E-state index contributed by atoms with van der Waals surface area (Å²) in [5, 5.41) is 3.63. The van der Waals surface area contributed by atoms with Crippen LogP contribution >= 0.6 is 23.2 Å². The number of benzene rings is 1. The predicted octanol–water partition coefficient (Wildman–Crippen LogP) is 2.88. The number of hydrogen-bond acceptors (Lipinski definition) is 3. The van der Waals surface area contributed by atoms with Crippen LogP contribution in [0.1, 0.15) is 24.2 Å². The standard InChI is InChI=1S/C15H20Cl2N2O2/c1-10(2)7-18-15(21)9-19(3)8-14(20)12-6-11(16)4-5-13(12)17/h4-6,10H,7-9H2,1-3H3,(H,18,21). The van der Waals surface area contributed by atoms with Crippen LogP contribution in [0.15, 0.2) is 18.2 Å². The summed E-state index contributed by atoms with van der Waals surface area (Å²) in [4.78, 5) is 25.5. The Hall–Kier alpha value is -1.10. The van der Waals surface area contributed by atoms with E-state index in [-0.39, 0.29) is 24.8 Å².